The van der Waals surface area contributed by atoms with Gasteiger partial charge < -0.3 is 35.9 Å². The van der Waals surface area contributed by atoms with Gasteiger partial charge in [0.15, 0.2) is 0 Å². The molecule has 4 aromatic carbocycles. The van der Waals surface area contributed by atoms with Crippen molar-refractivity contribution in [2.75, 3.05) is 33.1 Å². The Labute approximate surface area is 339 Å². The van der Waals surface area contributed by atoms with E-state index >= 15 is 0 Å². The lowest BCUT2D eigenvalue weighted by Crippen LogP contribution is -2.35. The van der Waals surface area contributed by atoms with Crippen molar-refractivity contribution in [3.63, 3.8) is 0 Å². The van der Waals surface area contributed by atoms with Gasteiger partial charge in [-0.3, -0.25) is 14.5 Å². The van der Waals surface area contributed by atoms with Crippen LogP contribution in [0.15, 0.2) is 66.7 Å². The monoisotopic (exact) mass is 799 g/mol. The largest absolute Gasteiger partial charge is 0.496 e. The Morgan fingerprint density at radius 3 is 2.32 bits per heavy atom. The lowest BCUT2D eigenvalue weighted by Gasteiger charge is -2.34. The third-order valence-electron chi connectivity index (χ3n) is 11.2. The molecule has 1 aliphatic heterocycles. The molecule has 2 fully saturated rings. The minimum atomic E-state index is -0.717. The molecular formula is C44H51Cl2N5O5. The van der Waals surface area contributed by atoms with Crippen molar-refractivity contribution in [2.45, 2.75) is 76.7 Å². The van der Waals surface area contributed by atoms with Crippen molar-refractivity contribution in [1.29, 1.82) is 5.41 Å². The van der Waals surface area contributed by atoms with Crippen LogP contribution in [0.1, 0.15) is 67.2 Å². The predicted octanol–water partition coefficient (Wildman–Crippen LogP) is 8.79. The molecule has 5 N–H and O–H groups in total. The molecule has 4 aromatic rings. The van der Waals surface area contributed by atoms with Crippen LogP contribution in [0.4, 0.5) is 5.69 Å². The zero-order valence-electron chi connectivity index (χ0n) is 32.2. The lowest BCUT2D eigenvalue weighted by molar-refractivity contribution is -0.138. The van der Waals surface area contributed by atoms with Crippen molar-refractivity contribution >= 4 is 47.0 Å². The van der Waals surface area contributed by atoms with Gasteiger partial charge in [-0.2, -0.15) is 0 Å². The fourth-order valence-electron chi connectivity index (χ4n) is 8.05. The molecule has 56 heavy (non-hydrogen) atoms. The summed E-state index contributed by atoms with van der Waals surface area (Å²) in [6.07, 6.45) is 6.81. The number of anilines is 1. The minimum Gasteiger partial charge on any atom is -0.496 e. The number of halogens is 2. The molecule has 0 unspecified atom stereocenters. The topological polar surface area (TPSA) is 136 Å². The smallest absolute Gasteiger partial charge is 0.303 e. The number of hydrogen-bond acceptors (Lipinski definition) is 8. The van der Waals surface area contributed by atoms with E-state index in [1.807, 2.05) is 66.7 Å². The molecule has 1 saturated heterocycles. The number of rotatable bonds is 17. The van der Waals surface area contributed by atoms with Crippen LogP contribution in [0.2, 0.25) is 10.0 Å². The van der Waals surface area contributed by atoms with Gasteiger partial charge in [-0.1, -0.05) is 65.7 Å². The molecule has 6 rings (SSSR count). The van der Waals surface area contributed by atoms with Crippen molar-refractivity contribution in [3.8, 4) is 33.8 Å². The summed E-state index contributed by atoms with van der Waals surface area (Å²) in [7, 11) is 5.42. The highest BCUT2D eigenvalue weighted by Gasteiger charge is 2.26. The molecule has 10 nitrogen and oxygen atoms in total. The number of nitrogens with zero attached hydrogens (tertiary/aromatic N) is 1. The summed E-state index contributed by atoms with van der Waals surface area (Å²) >= 11 is 14.1. The predicted molar refractivity (Wildman–Crippen MR) is 224 cm³/mol. The highest BCUT2D eigenvalue weighted by molar-refractivity contribution is 6.36. The number of nitrogens with one attached hydrogen (secondary N) is 4. The summed E-state index contributed by atoms with van der Waals surface area (Å²) in [4.78, 5) is 25.0. The SMILES string of the molecule is COc1cc(-c2cccc(-c3cccc(NCc4cc(OC)c(CN(C)C5CCC(CC(=O)O)CC5)cc4Cl)c3C=N)c2Cl)ccc1CNC[C@@H]1CCC(=O)N1. The van der Waals surface area contributed by atoms with Crippen molar-refractivity contribution in [1.82, 2.24) is 15.5 Å². The molecule has 1 heterocycles. The summed E-state index contributed by atoms with van der Waals surface area (Å²) in [5.74, 6) is 1.14. The maximum Gasteiger partial charge on any atom is 0.303 e. The van der Waals surface area contributed by atoms with Crippen LogP contribution in [0.25, 0.3) is 22.3 Å². The Morgan fingerprint density at radius 1 is 0.911 bits per heavy atom. The molecule has 296 valence electrons. The number of ether oxygens (including phenoxy) is 2. The Balaban J connectivity index is 1.15. The molecule has 0 bridgehead atoms. The molecule has 1 aliphatic carbocycles. The minimum absolute atomic E-state index is 0.105. The van der Waals surface area contributed by atoms with Gasteiger partial charge in [-0.05, 0) is 86.0 Å². The molecule has 1 atom stereocenters. The summed E-state index contributed by atoms with van der Waals surface area (Å²) < 4.78 is 11.6. The fourth-order valence-corrected chi connectivity index (χ4v) is 8.64. The van der Waals surface area contributed by atoms with Crippen molar-refractivity contribution in [2.24, 2.45) is 5.92 Å². The fraction of sp³-hybridized carbons (Fsp3) is 0.386. The summed E-state index contributed by atoms with van der Waals surface area (Å²) in [6.45, 7) is 2.38. The number of carboxylic acid groups (broad SMARTS) is 1. The molecule has 1 saturated carbocycles. The van der Waals surface area contributed by atoms with Crippen LogP contribution in [0.5, 0.6) is 11.5 Å². The Bertz CT molecular complexity index is 2050. The summed E-state index contributed by atoms with van der Waals surface area (Å²) in [6, 6.07) is 22.3. The molecule has 12 heteroatoms. The maximum atomic E-state index is 11.6. The first kappa shape index (κ1) is 41.0. The number of benzene rings is 4. The van der Waals surface area contributed by atoms with Gasteiger partial charge in [0.05, 0.1) is 19.2 Å². The third kappa shape index (κ3) is 9.84. The van der Waals surface area contributed by atoms with Gasteiger partial charge in [-0.25, -0.2) is 0 Å². The molecule has 2 aliphatic rings. The Hall–Kier alpha value is -4.61. The average Bonchev–Trinajstić information content (AvgIpc) is 3.62. The lowest BCUT2D eigenvalue weighted by atomic mass is 9.83. The highest BCUT2D eigenvalue weighted by Crippen LogP contribution is 2.41. The number of methoxy groups -OCH3 is 2. The van der Waals surface area contributed by atoms with Crippen LogP contribution < -0.4 is 25.4 Å². The number of carboxylic acids is 1. The van der Waals surface area contributed by atoms with Gasteiger partial charge in [0.25, 0.3) is 0 Å². The van der Waals surface area contributed by atoms with E-state index in [2.05, 4.69) is 27.9 Å². The Kier molecular flexibility index (Phi) is 13.9. The number of carbonyl (C=O) groups is 2. The Morgan fingerprint density at radius 2 is 1.62 bits per heavy atom. The first-order valence-corrected chi connectivity index (χ1v) is 19.9. The number of carbonyl (C=O) groups excluding carboxylic acids is 1. The number of hydrogen-bond donors (Lipinski definition) is 5. The van der Waals surface area contributed by atoms with Gasteiger partial charge in [-0.15, -0.1) is 0 Å². The van der Waals surface area contributed by atoms with E-state index in [1.165, 1.54) is 6.21 Å². The van der Waals surface area contributed by atoms with Gasteiger partial charge in [0.1, 0.15) is 11.5 Å². The summed E-state index contributed by atoms with van der Waals surface area (Å²) in [5.41, 5.74) is 7.71. The van der Waals surface area contributed by atoms with Crippen LogP contribution in [0.3, 0.4) is 0 Å². The zero-order chi connectivity index (χ0) is 39.8. The first-order chi connectivity index (χ1) is 27.1. The second-order valence-electron chi connectivity index (χ2n) is 14.8. The van der Waals surface area contributed by atoms with Crippen LogP contribution in [0, 0.1) is 11.3 Å². The van der Waals surface area contributed by atoms with Crippen LogP contribution in [-0.2, 0) is 29.2 Å². The van der Waals surface area contributed by atoms with Crippen molar-refractivity contribution < 1.29 is 24.2 Å². The van der Waals surface area contributed by atoms with E-state index in [4.69, 9.17) is 38.1 Å². The second-order valence-corrected chi connectivity index (χ2v) is 15.6. The van der Waals surface area contributed by atoms with Gasteiger partial charge in [0.2, 0.25) is 5.91 Å². The summed E-state index contributed by atoms with van der Waals surface area (Å²) in [5, 5.41) is 28.7. The maximum absolute atomic E-state index is 11.6. The molecule has 0 spiro atoms. The number of amides is 1. The molecule has 1 amide bonds. The molecule has 0 radical (unpaired) electrons. The van der Waals surface area contributed by atoms with E-state index in [0.29, 0.717) is 54.3 Å². The third-order valence-corrected chi connectivity index (χ3v) is 11.9. The zero-order valence-corrected chi connectivity index (χ0v) is 33.7. The number of aliphatic carboxylic acids is 1. The van der Waals surface area contributed by atoms with E-state index in [0.717, 1.165) is 88.2 Å². The van der Waals surface area contributed by atoms with Gasteiger partial charge >= 0.3 is 5.97 Å². The normalized spacial score (nSPS) is 18.1. The standard InChI is InChI=1S/C44H51Cl2N5O5/c1-51(33-15-10-27(11-16-33)18-43(53)54)26-31-19-38(45)30(21-41(31)56-3)24-49-39-9-5-7-35(37(39)22-47)36-8-4-6-34(44(36)46)28-12-13-29(40(20-28)55-2)23-48-25-32-14-17-42(52)50-32/h4-9,12-13,19-22,27,32-33,47-49H,10-11,14-18,23-26H2,1-3H3,(H,50,52)(H,53,54)/t27?,32-,33?/m0/s1. The van der Waals surface area contributed by atoms with Crippen LogP contribution in [-0.4, -0.2) is 68.0 Å². The van der Waals surface area contributed by atoms with E-state index in [9.17, 15) is 14.7 Å². The van der Waals surface area contributed by atoms with Crippen molar-refractivity contribution in [3.05, 3.63) is 99.0 Å². The first-order valence-electron chi connectivity index (χ1n) is 19.2. The van der Waals surface area contributed by atoms with E-state index < -0.39 is 5.97 Å². The van der Waals surface area contributed by atoms with E-state index in [-0.39, 0.29) is 24.3 Å². The molecular weight excluding hydrogens is 749 g/mol. The second kappa shape index (κ2) is 19.0. The van der Waals surface area contributed by atoms with Crippen LogP contribution >= 0.6 is 23.2 Å². The average molecular weight is 801 g/mol. The quantitative estimate of drug-likeness (QED) is 0.0670. The van der Waals surface area contributed by atoms with Gasteiger partial charge in [0, 0.05) is 95.8 Å². The highest BCUT2D eigenvalue weighted by atomic mass is 35.5. The molecule has 0 aromatic heterocycles. The van der Waals surface area contributed by atoms with E-state index in [1.54, 1.807) is 14.2 Å².